The fourth-order valence-corrected chi connectivity index (χ4v) is 6.87. The van der Waals surface area contributed by atoms with Gasteiger partial charge in [-0.15, -0.1) is 6.42 Å². The van der Waals surface area contributed by atoms with Crippen molar-refractivity contribution in [3.05, 3.63) is 64.3 Å². The van der Waals surface area contributed by atoms with Crippen LogP contribution in [0.15, 0.2) is 53.4 Å². The maximum Gasteiger partial charge on any atom is 0.268 e. The second-order valence-corrected chi connectivity index (χ2v) is 14.1. The van der Waals surface area contributed by atoms with E-state index in [0.29, 0.717) is 18.8 Å². The van der Waals surface area contributed by atoms with E-state index in [1.54, 1.807) is 11.0 Å². The third-order valence-electron chi connectivity index (χ3n) is 7.52. The van der Waals surface area contributed by atoms with Gasteiger partial charge >= 0.3 is 0 Å². The number of hydrogen-bond donors (Lipinski definition) is 3. The Kier molecular flexibility index (Phi) is 9.60. The molecule has 1 aliphatic heterocycles. The molecule has 12 heteroatoms. The van der Waals surface area contributed by atoms with Crippen molar-refractivity contribution in [2.24, 2.45) is 5.41 Å². The van der Waals surface area contributed by atoms with Gasteiger partial charge in [-0.05, 0) is 42.7 Å². The van der Waals surface area contributed by atoms with Crippen molar-refractivity contribution in [2.75, 3.05) is 26.2 Å². The average molecular weight is 633 g/mol. The first-order chi connectivity index (χ1) is 19.7. The van der Waals surface area contributed by atoms with Crippen LogP contribution in [0, 0.1) is 17.8 Å². The number of hydrogen-bond acceptors (Lipinski definition) is 5. The molecule has 9 nitrogen and oxygen atoms in total. The number of para-hydroxylation sites is 1. The molecule has 0 bridgehead atoms. The average Bonchev–Trinajstić information content (AvgIpc) is 3.36. The van der Waals surface area contributed by atoms with E-state index >= 15 is 0 Å². The zero-order valence-corrected chi connectivity index (χ0v) is 26.3. The molecule has 1 fully saturated rings. The fourth-order valence-electron chi connectivity index (χ4n) is 5.08. The van der Waals surface area contributed by atoms with Crippen molar-refractivity contribution < 1.29 is 18.0 Å². The lowest BCUT2D eigenvalue weighted by Crippen LogP contribution is -2.70. The van der Waals surface area contributed by atoms with Crippen LogP contribution in [0.3, 0.4) is 0 Å². The molecule has 42 heavy (non-hydrogen) atoms. The molecular weight excluding hydrogens is 597 g/mol. The van der Waals surface area contributed by atoms with Crippen molar-refractivity contribution in [2.45, 2.75) is 50.7 Å². The van der Waals surface area contributed by atoms with Crippen molar-refractivity contribution in [1.82, 2.24) is 24.8 Å². The number of carbonyl (C=O) groups excluding carboxylic acids is 2. The van der Waals surface area contributed by atoms with Crippen LogP contribution in [0.25, 0.3) is 10.9 Å². The van der Waals surface area contributed by atoms with Gasteiger partial charge in [0.1, 0.15) is 16.6 Å². The molecule has 1 aromatic heterocycles. The van der Waals surface area contributed by atoms with Crippen molar-refractivity contribution in [3.8, 4) is 12.3 Å². The number of fused-ring (bicyclic) bond motifs is 1. The minimum absolute atomic E-state index is 0.0687. The summed E-state index contributed by atoms with van der Waals surface area (Å²) in [5, 5.41) is 4.18. The van der Waals surface area contributed by atoms with Crippen molar-refractivity contribution in [3.63, 3.8) is 0 Å². The Morgan fingerprint density at radius 2 is 1.90 bits per heavy atom. The molecule has 4 rings (SSSR count). The molecule has 2 amide bonds. The number of rotatable bonds is 10. The van der Waals surface area contributed by atoms with Crippen molar-refractivity contribution in [1.29, 1.82) is 0 Å². The van der Waals surface area contributed by atoms with E-state index in [0.717, 1.165) is 10.9 Å². The Hall–Kier alpha value is -3.07. The first-order valence-corrected chi connectivity index (χ1v) is 15.8. The van der Waals surface area contributed by atoms with E-state index in [4.69, 9.17) is 29.6 Å². The summed E-state index contributed by atoms with van der Waals surface area (Å²) in [6, 6.07) is 12.5. The topological polar surface area (TPSA) is 115 Å². The molecule has 2 heterocycles. The van der Waals surface area contributed by atoms with E-state index < -0.39 is 21.5 Å². The highest BCUT2D eigenvalue weighted by molar-refractivity contribution is 7.89. The van der Waals surface area contributed by atoms with Crippen LogP contribution < -0.4 is 10.0 Å². The number of likely N-dealkylation sites (tertiary alicyclic amines) is 1. The molecule has 2 aromatic carbocycles. The number of nitrogens with one attached hydrogen (secondary N) is 3. The lowest BCUT2D eigenvalue weighted by molar-refractivity contribution is -0.149. The zero-order chi connectivity index (χ0) is 30.8. The lowest BCUT2D eigenvalue weighted by Gasteiger charge is -2.52. The highest BCUT2D eigenvalue weighted by atomic mass is 35.5. The minimum atomic E-state index is -3.90. The molecule has 224 valence electrons. The van der Waals surface area contributed by atoms with Crippen LogP contribution in [0.4, 0.5) is 0 Å². The summed E-state index contributed by atoms with van der Waals surface area (Å²) >= 11 is 12.0. The summed E-state index contributed by atoms with van der Waals surface area (Å²) in [6.45, 7) is 8.71. The first kappa shape index (κ1) is 31.9. The van der Waals surface area contributed by atoms with Crippen LogP contribution in [-0.4, -0.2) is 79.3 Å². The molecule has 0 unspecified atom stereocenters. The maximum absolute atomic E-state index is 13.7. The highest BCUT2D eigenvalue weighted by Gasteiger charge is 2.46. The van der Waals surface area contributed by atoms with Crippen LogP contribution in [0.1, 0.15) is 38.2 Å². The number of benzene rings is 2. The smallest absolute Gasteiger partial charge is 0.268 e. The second-order valence-electron chi connectivity index (χ2n) is 11.5. The predicted octanol–water partition coefficient (Wildman–Crippen LogP) is 4.13. The van der Waals surface area contributed by atoms with Gasteiger partial charge in [0, 0.05) is 47.6 Å². The number of amides is 2. The van der Waals surface area contributed by atoms with Crippen LogP contribution in [-0.2, 0) is 14.8 Å². The molecule has 1 aliphatic rings. The zero-order valence-electron chi connectivity index (χ0n) is 23.9. The van der Waals surface area contributed by atoms with E-state index in [9.17, 15) is 18.0 Å². The van der Waals surface area contributed by atoms with E-state index in [-0.39, 0.29) is 51.9 Å². The number of terminal acetylenes is 1. The Labute approximate surface area is 257 Å². The molecule has 3 aromatic rings. The number of sulfonamides is 1. The Morgan fingerprint density at radius 1 is 1.19 bits per heavy atom. The number of nitrogens with zero attached hydrogens (tertiary/aromatic N) is 2. The van der Waals surface area contributed by atoms with Crippen LogP contribution in [0.5, 0.6) is 0 Å². The van der Waals surface area contributed by atoms with Gasteiger partial charge in [0.2, 0.25) is 15.9 Å². The molecule has 3 atom stereocenters. The third kappa shape index (κ3) is 6.93. The summed E-state index contributed by atoms with van der Waals surface area (Å²) < 4.78 is 28.2. The van der Waals surface area contributed by atoms with Gasteiger partial charge < -0.3 is 15.2 Å². The molecule has 0 radical (unpaired) electrons. The lowest BCUT2D eigenvalue weighted by atomic mass is 9.83. The molecule has 3 N–H and O–H groups in total. The van der Waals surface area contributed by atoms with Crippen LogP contribution >= 0.6 is 23.2 Å². The largest absolute Gasteiger partial charge is 0.351 e. The highest BCUT2D eigenvalue weighted by Crippen LogP contribution is 2.29. The molecule has 0 spiro atoms. The summed E-state index contributed by atoms with van der Waals surface area (Å²) in [7, 11) is -3.90. The van der Waals surface area contributed by atoms with Gasteiger partial charge in [-0.1, -0.05) is 68.1 Å². The normalized spacial score (nSPS) is 18.0. The monoisotopic (exact) mass is 631 g/mol. The maximum atomic E-state index is 13.7. The summed E-state index contributed by atoms with van der Waals surface area (Å²) in [4.78, 5) is 33.6. The second kappa shape index (κ2) is 12.7. The number of H-pyrrole nitrogens is 1. The quantitative estimate of drug-likeness (QED) is 0.291. The SMILES string of the molecule is C#CCN(CCNS(=O)(=O)c1cc(Cl)ccc1Cl)[C@@H]1CN(C(=O)[C@@H](NC(=O)c2cc3ccccc3[nH]2)C(C)(C)C)[C@H]1C. The van der Waals surface area contributed by atoms with Gasteiger partial charge in [0.25, 0.3) is 5.91 Å². The summed E-state index contributed by atoms with van der Waals surface area (Å²) in [5.74, 6) is 2.08. The van der Waals surface area contributed by atoms with E-state index in [1.165, 1.54) is 18.2 Å². The third-order valence-corrected chi connectivity index (χ3v) is 9.69. The standard InChI is InChI=1S/C30H35Cl2N5O4S/c1-6-14-36(15-13-33-42(40,41)26-17-21(31)11-12-22(26)32)25-18-37(19(25)2)29(39)27(30(3,4)5)35-28(38)24-16-20-9-7-8-10-23(20)34-24/h1,7-12,16-17,19,25,27,33-34H,13-15,18H2,2-5H3,(H,35,38)/t19-,25+,27+/m0/s1. The molecular formula is C30H35Cl2N5O4S. The Balaban J connectivity index is 1.40. The molecule has 0 aliphatic carbocycles. The summed E-state index contributed by atoms with van der Waals surface area (Å²) in [6.07, 6.45) is 5.62. The Bertz CT molecular complexity index is 1590. The number of carbonyl (C=O) groups is 2. The predicted molar refractivity (Wildman–Crippen MR) is 166 cm³/mol. The van der Waals surface area contributed by atoms with Gasteiger partial charge in [-0.3, -0.25) is 14.5 Å². The number of halogens is 2. The van der Waals surface area contributed by atoms with Gasteiger partial charge in [0.05, 0.1) is 11.6 Å². The minimum Gasteiger partial charge on any atom is -0.351 e. The van der Waals surface area contributed by atoms with Gasteiger partial charge in [-0.2, -0.15) is 0 Å². The fraction of sp³-hybridized carbons (Fsp3) is 0.400. The van der Waals surface area contributed by atoms with Gasteiger partial charge in [-0.25, -0.2) is 13.1 Å². The summed E-state index contributed by atoms with van der Waals surface area (Å²) in [5.41, 5.74) is 0.670. The number of aromatic amines is 1. The van der Waals surface area contributed by atoms with Crippen LogP contribution in [0.2, 0.25) is 10.0 Å². The Morgan fingerprint density at radius 3 is 2.55 bits per heavy atom. The molecule has 1 saturated heterocycles. The van der Waals surface area contributed by atoms with E-state index in [2.05, 4.69) is 20.9 Å². The first-order valence-electron chi connectivity index (χ1n) is 13.5. The van der Waals surface area contributed by atoms with Crippen molar-refractivity contribution >= 4 is 55.9 Å². The molecule has 0 saturated carbocycles. The number of aromatic nitrogens is 1. The van der Waals surface area contributed by atoms with E-state index in [1.807, 2.05) is 56.9 Å². The van der Waals surface area contributed by atoms with Gasteiger partial charge in [0.15, 0.2) is 0 Å².